The molecule has 1 N–H and O–H groups in total. The van der Waals surface area contributed by atoms with Crippen molar-refractivity contribution in [3.8, 4) is 0 Å². The number of hydrogen-bond acceptors (Lipinski definition) is 5. The fourth-order valence-corrected chi connectivity index (χ4v) is 3.09. The number of aryl methyl sites for hydroxylation is 1. The number of aromatic nitrogens is 2. The zero-order chi connectivity index (χ0) is 16.2. The largest absolute Gasteiger partial charge is 0.469 e. The molecule has 3 aromatic rings. The van der Waals surface area contributed by atoms with Crippen molar-refractivity contribution in [3.63, 3.8) is 0 Å². The fourth-order valence-electron chi connectivity index (χ4n) is 2.37. The first kappa shape index (κ1) is 15.5. The molecule has 3 aromatic heterocycles. The van der Waals surface area contributed by atoms with E-state index in [1.165, 1.54) is 22.2 Å². The molecule has 1 atom stereocenters. The highest BCUT2D eigenvalue weighted by Crippen LogP contribution is 2.13. The van der Waals surface area contributed by atoms with Crippen LogP contribution in [0.5, 0.6) is 0 Å². The number of nitrogens with one attached hydrogen (secondary N) is 1. The minimum atomic E-state index is -0.199. The van der Waals surface area contributed by atoms with E-state index in [0.29, 0.717) is 10.2 Å². The van der Waals surface area contributed by atoms with Crippen LogP contribution in [0.1, 0.15) is 19.1 Å². The summed E-state index contributed by atoms with van der Waals surface area (Å²) in [6.07, 6.45) is 4.60. The minimum Gasteiger partial charge on any atom is -0.469 e. The topological polar surface area (TPSA) is 77.1 Å². The predicted octanol–water partition coefficient (Wildman–Crippen LogP) is 2.19. The lowest BCUT2D eigenvalue weighted by Crippen LogP contribution is -2.37. The van der Waals surface area contributed by atoms with E-state index in [9.17, 15) is 9.59 Å². The monoisotopic (exact) mass is 331 g/mol. The van der Waals surface area contributed by atoms with E-state index in [-0.39, 0.29) is 24.1 Å². The zero-order valence-corrected chi connectivity index (χ0v) is 13.5. The molecule has 3 rings (SSSR count). The Kier molecular flexibility index (Phi) is 4.57. The number of hydrogen-bond donors (Lipinski definition) is 1. The van der Waals surface area contributed by atoms with Crippen molar-refractivity contribution in [3.05, 3.63) is 52.3 Å². The van der Waals surface area contributed by atoms with Crippen LogP contribution >= 0.6 is 11.3 Å². The van der Waals surface area contributed by atoms with Crippen LogP contribution in [-0.4, -0.2) is 21.5 Å². The molecule has 0 bridgehead atoms. The number of carbonyl (C=O) groups excluding carboxylic acids is 1. The molecule has 0 saturated heterocycles. The Balaban J connectivity index is 1.57. The van der Waals surface area contributed by atoms with Gasteiger partial charge in [0.2, 0.25) is 5.91 Å². The van der Waals surface area contributed by atoms with E-state index in [4.69, 9.17) is 4.42 Å². The second kappa shape index (κ2) is 6.78. The molecule has 0 fully saturated rings. The highest BCUT2D eigenvalue weighted by molar-refractivity contribution is 7.16. The van der Waals surface area contributed by atoms with Crippen molar-refractivity contribution < 1.29 is 9.21 Å². The number of furan rings is 1. The fraction of sp³-hybridized carbons (Fsp3) is 0.312. The van der Waals surface area contributed by atoms with Gasteiger partial charge in [-0.25, -0.2) is 4.98 Å². The SMILES string of the molecule is CC(CCc1ccco1)NC(=O)Cn1cnc2sccc2c1=O. The summed E-state index contributed by atoms with van der Waals surface area (Å²) >= 11 is 1.41. The van der Waals surface area contributed by atoms with Crippen LogP contribution in [0.15, 0.2) is 45.4 Å². The van der Waals surface area contributed by atoms with Gasteiger partial charge in [0, 0.05) is 12.5 Å². The highest BCUT2D eigenvalue weighted by atomic mass is 32.1. The molecule has 1 unspecified atom stereocenters. The maximum absolute atomic E-state index is 12.2. The van der Waals surface area contributed by atoms with E-state index in [1.807, 2.05) is 24.4 Å². The van der Waals surface area contributed by atoms with Gasteiger partial charge >= 0.3 is 0 Å². The number of thiophene rings is 1. The van der Waals surface area contributed by atoms with E-state index in [0.717, 1.165) is 18.6 Å². The van der Waals surface area contributed by atoms with Gasteiger partial charge in [-0.05, 0) is 36.9 Å². The normalized spacial score (nSPS) is 12.4. The van der Waals surface area contributed by atoms with Crippen LogP contribution in [-0.2, 0) is 17.8 Å². The van der Waals surface area contributed by atoms with Crippen molar-refractivity contribution in [1.29, 1.82) is 0 Å². The number of carbonyl (C=O) groups is 1. The zero-order valence-electron chi connectivity index (χ0n) is 12.7. The third-order valence-electron chi connectivity index (χ3n) is 3.58. The molecule has 120 valence electrons. The summed E-state index contributed by atoms with van der Waals surface area (Å²) in [5.41, 5.74) is -0.186. The molecular weight excluding hydrogens is 314 g/mol. The van der Waals surface area contributed by atoms with Crippen LogP contribution < -0.4 is 10.9 Å². The van der Waals surface area contributed by atoms with Gasteiger partial charge in [0.25, 0.3) is 5.56 Å². The van der Waals surface area contributed by atoms with Crippen LogP contribution in [0.3, 0.4) is 0 Å². The number of rotatable bonds is 6. The number of amides is 1. The molecule has 0 aromatic carbocycles. The Labute approximate surface area is 136 Å². The molecule has 0 aliphatic rings. The molecule has 3 heterocycles. The standard InChI is InChI=1S/C16H17N3O3S/c1-11(4-5-12-3-2-7-22-12)18-14(20)9-19-10-17-15-13(16(19)21)6-8-23-15/h2-3,6-8,10-11H,4-5,9H2,1H3,(H,18,20). The van der Waals surface area contributed by atoms with Gasteiger partial charge in [0.15, 0.2) is 0 Å². The van der Waals surface area contributed by atoms with Crippen LogP contribution in [0.4, 0.5) is 0 Å². The van der Waals surface area contributed by atoms with Crippen LogP contribution in [0.25, 0.3) is 10.2 Å². The van der Waals surface area contributed by atoms with E-state index in [1.54, 1.807) is 12.3 Å². The van der Waals surface area contributed by atoms with E-state index < -0.39 is 0 Å². The summed E-state index contributed by atoms with van der Waals surface area (Å²) in [6, 6.07) is 5.49. The summed E-state index contributed by atoms with van der Waals surface area (Å²) in [4.78, 5) is 29.2. The van der Waals surface area contributed by atoms with E-state index >= 15 is 0 Å². The maximum atomic E-state index is 12.2. The lowest BCUT2D eigenvalue weighted by molar-refractivity contribution is -0.122. The number of fused-ring (bicyclic) bond motifs is 1. The third-order valence-corrected chi connectivity index (χ3v) is 4.40. The molecule has 0 aliphatic heterocycles. The Bertz CT molecular complexity index is 851. The third kappa shape index (κ3) is 3.68. The molecule has 23 heavy (non-hydrogen) atoms. The Morgan fingerprint density at radius 1 is 1.48 bits per heavy atom. The summed E-state index contributed by atoms with van der Waals surface area (Å²) in [7, 11) is 0. The minimum absolute atomic E-state index is 0.00106. The van der Waals surface area contributed by atoms with E-state index in [2.05, 4.69) is 10.3 Å². The van der Waals surface area contributed by atoms with Gasteiger partial charge in [-0.2, -0.15) is 0 Å². The van der Waals surface area contributed by atoms with Gasteiger partial charge in [-0.15, -0.1) is 11.3 Å². The van der Waals surface area contributed by atoms with Crippen molar-refractivity contribution in [2.24, 2.45) is 0 Å². The second-order valence-electron chi connectivity index (χ2n) is 5.40. The lowest BCUT2D eigenvalue weighted by atomic mass is 10.1. The average molecular weight is 331 g/mol. The molecule has 1 amide bonds. The van der Waals surface area contributed by atoms with Gasteiger partial charge < -0.3 is 9.73 Å². The summed E-state index contributed by atoms with van der Waals surface area (Å²) in [5, 5.41) is 5.27. The Morgan fingerprint density at radius 3 is 3.13 bits per heavy atom. The summed E-state index contributed by atoms with van der Waals surface area (Å²) < 4.78 is 6.61. The van der Waals surface area contributed by atoms with Crippen LogP contribution in [0.2, 0.25) is 0 Å². The van der Waals surface area contributed by atoms with Crippen molar-refractivity contribution >= 4 is 27.5 Å². The first-order valence-electron chi connectivity index (χ1n) is 7.38. The quantitative estimate of drug-likeness (QED) is 0.751. The molecule has 6 nitrogen and oxygen atoms in total. The molecular formula is C16H17N3O3S. The maximum Gasteiger partial charge on any atom is 0.262 e. The van der Waals surface area contributed by atoms with Gasteiger partial charge in [-0.1, -0.05) is 0 Å². The smallest absolute Gasteiger partial charge is 0.262 e. The predicted molar refractivity (Wildman–Crippen MR) is 88.5 cm³/mol. The Morgan fingerprint density at radius 2 is 2.35 bits per heavy atom. The average Bonchev–Trinajstić information content (AvgIpc) is 3.19. The van der Waals surface area contributed by atoms with Crippen molar-refractivity contribution in [1.82, 2.24) is 14.9 Å². The van der Waals surface area contributed by atoms with Crippen molar-refractivity contribution in [2.75, 3.05) is 0 Å². The second-order valence-corrected chi connectivity index (χ2v) is 6.30. The summed E-state index contributed by atoms with van der Waals surface area (Å²) in [5.74, 6) is 0.699. The van der Waals surface area contributed by atoms with Crippen LogP contribution in [0, 0.1) is 0 Å². The van der Waals surface area contributed by atoms with Gasteiger partial charge in [-0.3, -0.25) is 14.2 Å². The highest BCUT2D eigenvalue weighted by Gasteiger charge is 2.11. The van der Waals surface area contributed by atoms with Gasteiger partial charge in [0.05, 0.1) is 18.0 Å². The molecule has 7 heteroatoms. The lowest BCUT2D eigenvalue weighted by Gasteiger charge is -2.13. The molecule has 0 aliphatic carbocycles. The Hall–Kier alpha value is -2.41. The van der Waals surface area contributed by atoms with Crippen molar-refractivity contribution in [2.45, 2.75) is 32.4 Å². The first-order valence-corrected chi connectivity index (χ1v) is 8.26. The molecule has 0 saturated carbocycles. The number of nitrogens with zero attached hydrogens (tertiary/aromatic N) is 2. The molecule has 0 radical (unpaired) electrons. The first-order chi connectivity index (χ1) is 11.1. The molecule has 0 spiro atoms. The van der Waals surface area contributed by atoms with Gasteiger partial charge in [0.1, 0.15) is 17.1 Å². The summed E-state index contributed by atoms with van der Waals surface area (Å²) in [6.45, 7) is 1.91.